The highest BCUT2D eigenvalue weighted by molar-refractivity contribution is 5.76. The van der Waals surface area contributed by atoms with Gasteiger partial charge < -0.3 is 28.7 Å². The van der Waals surface area contributed by atoms with E-state index in [4.69, 9.17) is 14.2 Å². The van der Waals surface area contributed by atoms with Gasteiger partial charge in [-0.25, -0.2) is 0 Å². The molecule has 0 aliphatic carbocycles. The Balaban J connectivity index is 4.02. The Labute approximate surface area is 325 Å². The summed E-state index contributed by atoms with van der Waals surface area (Å²) >= 11 is 0. The van der Waals surface area contributed by atoms with Crippen molar-refractivity contribution >= 4 is 23.8 Å². The maximum Gasteiger partial charge on any atom is 0.305 e. The minimum Gasteiger partial charge on any atom is -0.469 e. The number of unbranched alkanes of at least 4 members (excludes halogenated alkanes) is 20. The van der Waals surface area contributed by atoms with E-state index in [1.54, 1.807) is 7.11 Å². The Kier molecular flexibility index (Phi) is 37.9. The highest BCUT2D eigenvalue weighted by atomic mass is 16.5. The first-order valence-corrected chi connectivity index (χ1v) is 21.6. The molecule has 0 aliphatic rings. The number of methoxy groups -OCH3 is 2. The molecule has 1 amide bonds. The summed E-state index contributed by atoms with van der Waals surface area (Å²) in [6, 6.07) is 0. The molecule has 0 radical (unpaired) electrons. The van der Waals surface area contributed by atoms with Crippen molar-refractivity contribution in [3.63, 3.8) is 0 Å². The smallest absolute Gasteiger partial charge is 0.305 e. The molecule has 0 saturated heterocycles. The van der Waals surface area contributed by atoms with Crippen molar-refractivity contribution in [2.24, 2.45) is 0 Å². The van der Waals surface area contributed by atoms with Crippen molar-refractivity contribution in [1.82, 2.24) is 9.80 Å². The summed E-state index contributed by atoms with van der Waals surface area (Å²) < 4.78 is 20.6. The van der Waals surface area contributed by atoms with E-state index < -0.39 is 0 Å². The summed E-state index contributed by atoms with van der Waals surface area (Å²) in [7, 11) is 7.31. The first kappa shape index (κ1) is 50.8. The molecule has 53 heavy (non-hydrogen) atoms. The molecule has 0 unspecified atom stereocenters. The van der Waals surface area contributed by atoms with Crippen LogP contribution in [0.3, 0.4) is 0 Å². The van der Waals surface area contributed by atoms with Crippen LogP contribution in [0, 0.1) is 0 Å². The Morgan fingerprint density at radius 1 is 0.377 bits per heavy atom. The van der Waals surface area contributed by atoms with E-state index >= 15 is 0 Å². The monoisotopic (exact) mass is 755 g/mol. The van der Waals surface area contributed by atoms with Crippen LogP contribution in [0.2, 0.25) is 0 Å². The minimum atomic E-state index is -0.142. The van der Waals surface area contributed by atoms with Crippen LogP contribution in [0.25, 0.3) is 0 Å². The van der Waals surface area contributed by atoms with E-state index in [-0.39, 0.29) is 23.8 Å². The van der Waals surface area contributed by atoms with Gasteiger partial charge in [-0.05, 0) is 84.8 Å². The molecule has 10 heteroatoms. The van der Waals surface area contributed by atoms with Crippen LogP contribution in [-0.2, 0) is 38.1 Å². The van der Waals surface area contributed by atoms with E-state index in [1.807, 2.05) is 0 Å². The van der Waals surface area contributed by atoms with Crippen molar-refractivity contribution in [3.05, 3.63) is 0 Å². The zero-order chi connectivity index (χ0) is 39.0. The molecule has 0 spiro atoms. The Bertz CT molecular complexity index is 869. The second kappa shape index (κ2) is 39.5. The van der Waals surface area contributed by atoms with Crippen molar-refractivity contribution in [1.29, 1.82) is 0 Å². The van der Waals surface area contributed by atoms with E-state index in [2.05, 4.69) is 28.6 Å². The molecular formula is C43H82N2O8. The molecule has 0 rings (SSSR count). The predicted octanol–water partition coefficient (Wildman–Crippen LogP) is 9.60. The molecule has 0 aromatic carbocycles. The minimum absolute atomic E-state index is 0.0699. The standard InChI is InChI=1S/C43H82N2O8/c1-44(2)34-26-23-30-40(46)45(35-24-15-10-13-21-32-42(48)52-38-28-18-8-5-7-17-27-37-50-3)36-25-16-11-14-22-33-43(49)53-39-29-19-9-6-12-20-31-41(47)51-4/h5-39H2,1-4H3. The van der Waals surface area contributed by atoms with Gasteiger partial charge in [-0.2, -0.15) is 0 Å². The van der Waals surface area contributed by atoms with Gasteiger partial charge in [0.2, 0.25) is 5.91 Å². The zero-order valence-corrected chi connectivity index (χ0v) is 34.9. The van der Waals surface area contributed by atoms with E-state index in [9.17, 15) is 19.2 Å². The first-order valence-electron chi connectivity index (χ1n) is 21.6. The lowest BCUT2D eigenvalue weighted by Gasteiger charge is -2.23. The van der Waals surface area contributed by atoms with Gasteiger partial charge >= 0.3 is 17.9 Å². The SMILES string of the molecule is COCCCCCCCCCOC(=O)CCCCCCCN(CCCCCCCC(=O)OCCCCCCCCC(=O)OC)C(=O)CCCCN(C)C. The van der Waals surface area contributed by atoms with Gasteiger partial charge in [0.05, 0.1) is 20.3 Å². The van der Waals surface area contributed by atoms with Crippen LogP contribution in [0.5, 0.6) is 0 Å². The second-order valence-electron chi connectivity index (χ2n) is 15.0. The summed E-state index contributed by atoms with van der Waals surface area (Å²) in [5, 5.41) is 0. The molecule has 0 saturated carbocycles. The quantitative estimate of drug-likeness (QED) is 0.0343. The van der Waals surface area contributed by atoms with Gasteiger partial charge in [0.25, 0.3) is 0 Å². The summed E-state index contributed by atoms with van der Waals surface area (Å²) in [6.07, 6.45) is 28.2. The molecule has 10 nitrogen and oxygen atoms in total. The molecule has 0 aliphatic heterocycles. The van der Waals surface area contributed by atoms with E-state index in [1.165, 1.54) is 32.8 Å². The number of hydrogen-bond acceptors (Lipinski definition) is 9. The van der Waals surface area contributed by atoms with Crippen LogP contribution in [-0.4, -0.2) is 101 Å². The number of esters is 3. The third-order valence-corrected chi connectivity index (χ3v) is 9.74. The largest absolute Gasteiger partial charge is 0.469 e. The molecule has 0 heterocycles. The average molecular weight is 755 g/mol. The second-order valence-corrected chi connectivity index (χ2v) is 15.0. The van der Waals surface area contributed by atoms with Crippen molar-refractivity contribution < 1.29 is 38.1 Å². The molecular weight excluding hydrogens is 672 g/mol. The fourth-order valence-corrected chi connectivity index (χ4v) is 6.36. The highest BCUT2D eigenvalue weighted by Gasteiger charge is 2.13. The van der Waals surface area contributed by atoms with E-state index in [0.717, 1.165) is 161 Å². The van der Waals surface area contributed by atoms with Crippen LogP contribution >= 0.6 is 0 Å². The van der Waals surface area contributed by atoms with Gasteiger partial charge in [0.1, 0.15) is 0 Å². The lowest BCUT2D eigenvalue weighted by atomic mass is 10.1. The fourth-order valence-electron chi connectivity index (χ4n) is 6.36. The van der Waals surface area contributed by atoms with Crippen LogP contribution in [0.1, 0.15) is 186 Å². The summed E-state index contributed by atoms with van der Waals surface area (Å²) in [4.78, 5) is 52.6. The molecule has 0 aromatic heterocycles. The molecule has 0 N–H and O–H groups in total. The Morgan fingerprint density at radius 2 is 0.717 bits per heavy atom. The van der Waals surface area contributed by atoms with Gasteiger partial charge in [-0.15, -0.1) is 0 Å². The first-order chi connectivity index (χ1) is 25.8. The molecule has 0 atom stereocenters. The lowest BCUT2D eigenvalue weighted by molar-refractivity contribution is -0.144. The van der Waals surface area contributed by atoms with Crippen LogP contribution in [0.4, 0.5) is 0 Å². The number of hydrogen-bond donors (Lipinski definition) is 0. The van der Waals surface area contributed by atoms with Gasteiger partial charge in [-0.1, -0.05) is 96.3 Å². The topological polar surface area (TPSA) is 112 Å². The van der Waals surface area contributed by atoms with Gasteiger partial charge in [0.15, 0.2) is 0 Å². The molecule has 0 bridgehead atoms. The summed E-state index contributed by atoms with van der Waals surface area (Å²) in [6.45, 7) is 4.51. The van der Waals surface area contributed by atoms with Crippen LogP contribution in [0.15, 0.2) is 0 Å². The normalized spacial score (nSPS) is 11.2. The lowest BCUT2D eigenvalue weighted by Crippen LogP contribution is -2.33. The number of rotatable bonds is 40. The molecule has 312 valence electrons. The maximum atomic E-state index is 13.1. The number of amides is 1. The maximum absolute atomic E-state index is 13.1. The Morgan fingerprint density at radius 3 is 1.13 bits per heavy atom. The van der Waals surface area contributed by atoms with Crippen molar-refractivity contribution in [2.45, 2.75) is 186 Å². The highest BCUT2D eigenvalue weighted by Crippen LogP contribution is 2.13. The van der Waals surface area contributed by atoms with Crippen LogP contribution < -0.4 is 0 Å². The fraction of sp³-hybridized carbons (Fsp3) is 0.907. The van der Waals surface area contributed by atoms with Crippen molar-refractivity contribution in [3.8, 4) is 0 Å². The van der Waals surface area contributed by atoms with Crippen molar-refractivity contribution in [2.75, 3.05) is 67.8 Å². The summed E-state index contributed by atoms with van der Waals surface area (Å²) in [5.74, 6) is -0.0402. The number of carbonyl (C=O) groups is 4. The molecule has 0 aromatic rings. The zero-order valence-electron chi connectivity index (χ0n) is 34.9. The predicted molar refractivity (Wildman–Crippen MR) is 215 cm³/mol. The van der Waals surface area contributed by atoms with Gasteiger partial charge in [-0.3, -0.25) is 19.2 Å². The Hall–Kier alpha value is -2.20. The molecule has 0 fully saturated rings. The number of carbonyl (C=O) groups excluding carboxylic acids is 4. The number of ether oxygens (including phenoxy) is 4. The van der Waals surface area contributed by atoms with E-state index in [0.29, 0.717) is 38.9 Å². The third kappa shape index (κ3) is 37.9. The van der Waals surface area contributed by atoms with Gasteiger partial charge in [0, 0.05) is 52.5 Å². The number of nitrogens with zero attached hydrogens (tertiary/aromatic N) is 2. The third-order valence-electron chi connectivity index (χ3n) is 9.74. The summed E-state index contributed by atoms with van der Waals surface area (Å²) in [5.41, 5.74) is 0. The average Bonchev–Trinajstić information content (AvgIpc) is 3.14.